The van der Waals surface area contributed by atoms with Gasteiger partial charge < -0.3 is 14.5 Å². The Morgan fingerprint density at radius 2 is 1.35 bits per heavy atom. The SMILES string of the molecule is CCCCCCCCCCCCCCCCSC(I)C(CNS(=O)(=O)CCC[N+](C)(C)C)NC(=O)OC. The minimum atomic E-state index is -3.39. The highest BCUT2D eigenvalue weighted by molar-refractivity contribution is 14.1. The molecule has 2 N–H and O–H groups in total. The largest absolute Gasteiger partial charge is 0.453 e. The van der Waals surface area contributed by atoms with Crippen molar-refractivity contribution in [1.82, 2.24) is 10.0 Å². The Kier molecular flexibility index (Phi) is 23.1. The number of nitrogens with zero attached hydrogens (tertiary/aromatic N) is 1. The summed E-state index contributed by atoms with van der Waals surface area (Å²) in [6.45, 7) is 3.22. The summed E-state index contributed by atoms with van der Waals surface area (Å²) in [6.07, 6.45) is 18.9. The summed E-state index contributed by atoms with van der Waals surface area (Å²) in [7, 11) is 4.08. The number of rotatable bonds is 25. The molecule has 0 aliphatic rings. The molecule has 7 nitrogen and oxygen atoms in total. The molecule has 0 radical (unpaired) electrons. The second-order valence-electron chi connectivity index (χ2n) is 11.1. The Hall–Kier alpha value is 0.220. The van der Waals surface area contributed by atoms with Gasteiger partial charge in [0, 0.05) is 13.0 Å². The lowest BCUT2D eigenvalue weighted by atomic mass is 10.0. The van der Waals surface area contributed by atoms with Crippen LogP contribution in [0.4, 0.5) is 4.79 Å². The molecule has 0 saturated heterocycles. The first kappa shape index (κ1) is 37.2. The van der Waals surface area contributed by atoms with Crippen LogP contribution >= 0.6 is 34.4 Å². The number of nitrogens with one attached hydrogen (secondary N) is 2. The molecule has 0 spiro atoms. The fourth-order valence-electron chi connectivity index (χ4n) is 4.05. The number of hydrogen-bond donors (Lipinski definition) is 2. The molecule has 2 unspecified atom stereocenters. The number of halogens is 1. The van der Waals surface area contributed by atoms with Gasteiger partial charge in [0.15, 0.2) is 0 Å². The third kappa shape index (κ3) is 25.0. The van der Waals surface area contributed by atoms with Gasteiger partial charge in [0.25, 0.3) is 0 Å². The number of ether oxygens (including phenoxy) is 1. The maximum atomic E-state index is 12.4. The van der Waals surface area contributed by atoms with Crippen LogP contribution in [0.5, 0.6) is 0 Å². The molecular formula is C27H57IN3O4S2+. The van der Waals surface area contributed by atoms with E-state index in [2.05, 4.69) is 39.6 Å². The lowest BCUT2D eigenvalue weighted by Crippen LogP contribution is -2.48. The number of amides is 1. The van der Waals surface area contributed by atoms with E-state index in [0.717, 1.165) is 23.2 Å². The lowest BCUT2D eigenvalue weighted by Gasteiger charge is -2.25. The van der Waals surface area contributed by atoms with E-state index in [9.17, 15) is 13.2 Å². The van der Waals surface area contributed by atoms with Crippen molar-refractivity contribution in [3.63, 3.8) is 0 Å². The van der Waals surface area contributed by atoms with Crippen LogP contribution in [0.2, 0.25) is 0 Å². The average Bonchev–Trinajstić information content (AvgIpc) is 2.82. The Morgan fingerprint density at radius 1 is 0.865 bits per heavy atom. The highest BCUT2D eigenvalue weighted by atomic mass is 127. The van der Waals surface area contributed by atoms with Gasteiger partial charge in [-0.3, -0.25) is 0 Å². The third-order valence-corrected chi connectivity index (χ3v) is 10.9. The Bertz CT molecular complexity index is 661. The second kappa shape index (κ2) is 23.0. The number of methoxy groups -OCH3 is 1. The maximum absolute atomic E-state index is 12.4. The Morgan fingerprint density at radius 3 is 1.81 bits per heavy atom. The smallest absolute Gasteiger partial charge is 0.407 e. The number of quaternary nitrogens is 1. The van der Waals surface area contributed by atoms with Crippen LogP contribution < -0.4 is 10.0 Å². The molecule has 0 bridgehead atoms. The van der Waals surface area contributed by atoms with E-state index in [1.807, 2.05) is 21.1 Å². The zero-order chi connectivity index (χ0) is 28.0. The first-order valence-corrected chi connectivity index (χ1v) is 18.3. The summed E-state index contributed by atoms with van der Waals surface area (Å²) in [6, 6.07) is -0.335. The van der Waals surface area contributed by atoms with Gasteiger partial charge in [0.05, 0.1) is 49.8 Å². The lowest BCUT2D eigenvalue weighted by molar-refractivity contribution is -0.870. The number of unbranched alkanes of at least 4 members (excludes halogenated alkanes) is 13. The van der Waals surface area contributed by atoms with E-state index in [-0.39, 0.29) is 21.6 Å². The molecule has 0 rings (SSSR count). The number of alkyl halides is 1. The maximum Gasteiger partial charge on any atom is 0.407 e. The molecule has 0 aromatic rings. The topological polar surface area (TPSA) is 84.5 Å². The van der Waals surface area contributed by atoms with Crippen LogP contribution in [-0.2, 0) is 14.8 Å². The third-order valence-electron chi connectivity index (χ3n) is 6.35. The second-order valence-corrected chi connectivity index (χ2v) is 16.5. The molecule has 0 aliphatic carbocycles. The van der Waals surface area contributed by atoms with E-state index in [0.29, 0.717) is 6.42 Å². The van der Waals surface area contributed by atoms with E-state index in [1.54, 1.807) is 11.8 Å². The van der Waals surface area contributed by atoms with E-state index in [1.165, 1.54) is 90.6 Å². The van der Waals surface area contributed by atoms with E-state index < -0.39 is 16.1 Å². The number of thioether (sulfide) groups is 1. The number of carbonyl (C=O) groups excluding carboxylic acids is 1. The molecule has 2 atom stereocenters. The zero-order valence-electron chi connectivity index (χ0n) is 24.4. The van der Waals surface area contributed by atoms with Crippen LogP contribution in [0, 0.1) is 0 Å². The molecule has 222 valence electrons. The van der Waals surface area contributed by atoms with Crippen molar-refractivity contribution >= 4 is 50.5 Å². The summed E-state index contributed by atoms with van der Waals surface area (Å²) in [5.41, 5.74) is 0. The summed E-state index contributed by atoms with van der Waals surface area (Å²) in [5, 5.41) is 2.80. The molecular weight excluding hydrogens is 621 g/mol. The van der Waals surface area contributed by atoms with Crippen LogP contribution in [-0.4, -0.2) is 81.1 Å². The van der Waals surface area contributed by atoms with Crippen molar-refractivity contribution in [3.8, 4) is 0 Å². The van der Waals surface area contributed by atoms with Gasteiger partial charge in [0.2, 0.25) is 10.0 Å². The van der Waals surface area contributed by atoms with Gasteiger partial charge in [0.1, 0.15) is 0 Å². The van der Waals surface area contributed by atoms with Gasteiger partial charge in [-0.15, -0.1) is 11.8 Å². The summed E-state index contributed by atoms with van der Waals surface area (Å²) >= 11 is 4.07. The standard InChI is InChI=1S/C27H56IN3O4S2/c1-6-7-8-9-10-11-12-13-14-15-16-17-18-19-22-36-26(28)25(30-27(32)35-5)24-29-37(33,34)23-20-21-31(2,3)4/h25-26,29H,6-24H2,1-5H3/p+1. The fourth-order valence-corrected chi connectivity index (χ4v) is 7.32. The molecule has 0 aromatic heterocycles. The van der Waals surface area contributed by atoms with Crippen molar-refractivity contribution in [3.05, 3.63) is 0 Å². The van der Waals surface area contributed by atoms with Crippen molar-refractivity contribution in [1.29, 1.82) is 0 Å². The van der Waals surface area contributed by atoms with Crippen molar-refractivity contribution in [2.75, 3.05) is 52.8 Å². The zero-order valence-corrected chi connectivity index (χ0v) is 28.2. The average molecular weight is 679 g/mol. The molecule has 1 amide bonds. The first-order valence-electron chi connectivity index (χ1n) is 14.4. The summed E-state index contributed by atoms with van der Waals surface area (Å²) in [4.78, 5) is 11.8. The van der Waals surface area contributed by atoms with Crippen molar-refractivity contribution < 1.29 is 22.4 Å². The molecule has 0 aliphatic heterocycles. The van der Waals surface area contributed by atoms with Crippen molar-refractivity contribution in [2.45, 2.75) is 113 Å². The first-order chi connectivity index (χ1) is 17.5. The van der Waals surface area contributed by atoms with Gasteiger partial charge >= 0.3 is 6.09 Å². The van der Waals surface area contributed by atoms with E-state index >= 15 is 0 Å². The Labute approximate surface area is 247 Å². The molecule has 0 saturated carbocycles. The number of carbonyl (C=O) groups is 1. The van der Waals surface area contributed by atoms with E-state index in [4.69, 9.17) is 4.74 Å². The van der Waals surface area contributed by atoms with Crippen LogP contribution in [0.1, 0.15) is 103 Å². The minimum Gasteiger partial charge on any atom is -0.453 e. The Balaban J connectivity index is 4.06. The number of sulfonamides is 1. The van der Waals surface area contributed by atoms with Gasteiger partial charge in [-0.2, -0.15) is 0 Å². The minimum absolute atomic E-state index is 0.0487. The molecule has 0 fully saturated rings. The quantitative estimate of drug-likeness (QED) is 0.0486. The highest BCUT2D eigenvalue weighted by Gasteiger charge is 2.24. The van der Waals surface area contributed by atoms with Crippen molar-refractivity contribution in [2.24, 2.45) is 0 Å². The normalized spacial score (nSPS) is 13.9. The fraction of sp³-hybridized carbons (Fsp3) is 0.963. The molecule has 10 heteroatoms. The predicted octanol–water partition coefficient (Wildman–Crippen LogP) is 6.70. The van der Waals surface area contributed by atoms with Gasteiger partial charge in [-0.1, -0.05) is 113 Å². The number of hydrogen-bond acceptors (Lipinski definition) is 5. The van der Waals surface area contributed by atoms with Gasteiger partial charge in [-0.25, -0.2) is 17.9 Å². The monoisotopic (exact) mass is 678 g/mol. The van der Waals surface area contributed by atoms with Crippen LogP contribution in [0.15, 0.2) is 0 Å². The van der Waals surface area contributed by atoms with Crippen LogP contribution in [0.3, 0.4) is 0 Å². The summed E-state index contributed by atoms with van der Waals surface area (Å²) in [5.74, 6) is 1.09. The number of alkyl carbamates (subject to hydrolysis) is 1. The molecule has 0 heterocycles. The highest BCUT2D eigenvalue weighted by Crippen LogP contribution is 2.24. The van der Waals surface area contributed by atoms with Gasteiger partial charge in [-0.05, 0) is 12.2 Å². The molecule has 0 aromatic carbocycles. The predicted molar refractivity (Wildman–Crippen MR) is 169 cm³/mol. The molecule has 37 heavy (non-hydrogen) atoms. The summed E-state index contributed by atoms with van der Waals surface area (Å²) < 4.78 is 33.1. The van der Waals surface area contributed by atoms with Crippen LogP contribution in [0.25, 0.3) is 0 Å².